The summed E-state index contributed by atoms with van der Waals surface area (Å²) in [5, 5.41) is 2.95. The van der Waals surface area contributed by atoms with Gasteiger partial charge < -0.3 is 9.73 Å². The minimum Gasteiger partial charge on any atom is -0.468 e. The van der Waals surface area contributed by atoms with Gasteiger partial charge in [0.1, 0.15) is 5.76 Å². The second-order valence-electron chi connectivity index (χ2n) is 7.03. The first-order valence-electron chi connectivity index (χ1n) is 9.85. The molecule has 1 amide bonds. The van der Waals surface area contributed by atoms with Crippen molar-refractivity contribution in [2.45, 2.75) is 37.6 Å². The molecule has 8 heteroatoms. The molecule has 0 saturated carbocycles. The minimum absolute atomic E-state index is 0.0292. The fourth-order valence-corrected chi connectivity index (χ4v) is 4.57. The molecule has 0 radical (unpaired) electrons. The smallest absolute Gasteiger partial charge is 0.243 e. The molecular formula is C21H31N3O4S. The number of hydrogen-bond acceptors (Lipinski definition) is 5. The zero-order chi connectivity index (χ0) is 21.4. The van der Waals surface area contributed by atoms with Crippen LogP contribution in [0, 0.1) is 0 Å². The van der Waals surface area contributed by atoms with Crippen molar-refractivity contribution in [1.29, 1.82) is 0 Å². The third kappa shape index (κ3) is 6.16. The van der Waals surface area contributed by atoms with Gasteiger partial charge in [0.15, 0.2) is 0 Å². The molecule has 1 aromatic heterocycles. The first kappa shape index (κ1) is 23.1. The number of rotatable bonds is 11. The largest absolute Gasteiger partial charge is 0.468 e. The average Bonchev–Trinajstić information content (AvgIpc) is 3.21. The molecule has 0 saturated heterocycles. The zero-order valence-corrected chi connectivity index (χ0v) is 18.4. The van der Waals surface area contributed by atoms with E-state index in [0.29, 0.717) is 32.5 Å². The van der Waals surface area contributed by atoms with Gasteiger partial charge in [0.05, 0.1) is 17.2 Å². The molecule has 7 nitrogen and oxygen atoms in total. The van der Waals surface area contributed by atoms with Crippen molar-refractivity contribution in [2.24, 2.45) is 0 Å². The second kappa shape index (κ2) is 10.6. The molecule has 2 rings (SSSR count). The van der Waals surface area contributed by atoms with Gasteiger partial charge in [-0.1, -0.05) is 26.0 Å². The van der Waals surface area contributed by atoms with Crippen molar-refractivity contribution in [1.82, 2.24) is 14.5 Å². The summed E-state index contributed by atoms with van der Waals surface area (Å²) in [6.45, 7) is 4.97. The molecule has 0 aliphatic heterocycles. The third-order valence-electron chi connectivity index (χ3n) is 4.89. The van der Waals surface area contributed by atoms with Gasteiger partial charge in [0.25, 0.3) is 0 Å². The lowest BCUT2D eigenvalue weighted by atomic mass is 10.1. The lowest BCUT2D eigenvalue weighted by Gasteiger charge is -2.22. The molecule has 0 spiro atoms. The molecule has 1 atom stereocenters. The van der Waals surface area contributed by atoms with Crippen molar-refractivity contribution in [3.63, 3.8) is 0 Å². The van der Waals surface area contributed by atoms with Gasteiger partial charge in [-0.05, 0) is 50.3 Å². The monoisotopic (exact) mass is 421 g/mol. The minimum atomic E-state index is -3.46. The molecule has 1 N–H and O–H groups in total. The number of nitrogens with one attached hydrogen (secondary N) is 1. The topological polar surface area (TPSA) is 82.9 Å². The molecule has 2 aromatic rings. The van der Waals surface area contributed by atoms with E-state index >= 15 is 0 Å². The van der Waals surface area contributed by atoms with E-state index in [4.69, 9.17) is 4.42 Å². The van der Waals surface area contributed by atoms with E-state index < -0.39 is 10.0 Å². The van der Waals surface area contributed by atoms with Crippen molar-refractivity contribution in [2.75, 3.05) is 33.7 Å². The van der Waals surface area contributed by atoms with Gasteiger partial charge in [-0.15, -0.1) is 0 Å². The van der Waals surface area contributed by atoms with E-state index in [1.54, 1.807) is 30.5 Å². The number of benzene rings is 1. The van der Waals surface area contributed by atoms with Gasteiger partial charge in [0.2, 0.25) is 15.9 Å². The molecule has 0 fully saturated rings. The highest BCUT2D eigenvalue weighted by atomic mass is 32.2. The Morgan fingerprint density at radius 2 is 1.76 bits per heavy atom. The Hall–Kier alpha value is -2.16. The van der Waals surface area contributed by atoms with Crippen LogP contribution < -0.4 is 5.32 Å². The Morgan fingerprint density at radius 1 is 1.10 bits per heavy atom. The molecule has 160 valence electrons. The van der Waals surface area contributed by atoms with Crippen LogP contribution in [0.15, 0.2) is 52.0 Å². The number of carbonyl (C=O) groups is 1. The Balaban J connectivity index is 1.89. The molecule has 0 bridgehead atoms. The number of hydrogen-bond donors (Lipinski definition) is 1. The molecular weight excluding hydrogens is 390 g/mol. The normalized spacial score (nSPS) is 13.0. The average molecular weight is 422 g/mol. The number of furan rings is 1. The van der Waals surface area contributed by atoms with E-state index in [-0.39, 0.29) is 16.8 Å². The van der Waals surface area contributed by atoms with E-state index in [2.05, 4.69) is 5.32 Å². The summed E-state index contributed by atoms with van der Waals surface area (Å²) < 4.78 is 31.9. The fourth-order valence-electron chi connectivity index (χ4n) is 3.12. The zero-order valence-electron chi connectivity index (χ0n) is 17.6. The maximum Gasteiger partial charge on any atom is 0.243 e. The number of likely N-dealkylation sites (N-methyl/N-ethyl adjacent to an activating group) is 1. The number of nitrogens with zero attached hydrogens (tertiary/aromatic N) is 2. The fraction of sp³-hybridized carbons (Fsp3) is 0.476. The number of carbonyl (C=O) groups excluding carboxylic acids is 1. The first-order chi connectivity index (χ1) is 13.8. The highest BCUT2D eigenvalue weighted by Crippen LogP contribution is 2.18. The Bertz CT molecular complexity index is 858. The number of aryl methyl sites for hydroxylation is 1. The lowest BCUT2D eigenvalue weighted by Crippen LogP contribution is -2.34. The van der Waals surface area contributed by atoms with Crippen molar-refractivity contribution < 1.29 is 17.6 Å². The van der Waals surface area contributed by atoms with E-state index in [0.717, 1.165) is 11.3 Å². The SMILES string of the molecule is CCN(CC)S(=O)(=O)c1ccc(CCC(=O)NCC(c2ccco2)N(C)C)cc1. The van der Waals surface area contributed by atoms with Gasteiger partial charge in [-0.25, -0.2) is 8.42 Å². The van der Waals surface area contributed by atoms with Crippen molar-refractivity contribution in [3.05, 3.63) is 54.0 Å². The lowest BCUT2D eigenvalue weighted by molar-refractivity contribution is -0.121. The molecule has 1 heterocycles. The molecule has 0 aliphatic rings. The van der Waals surface area contributed by atoms with Gasteiger partial charge >= 0.3 is 0 Å². The summed E-state index contributed by atoms with van der Waals surface area (Å²) in [6, 6.07) is 10.5. The summed E-state index contributed by atoms with van der Waals surface area (Å²) in [5.74, 6) is 0.753. The maximum atomic E-state index is 12.5. The van der Waals surface area contributed by atoms with Crippen LogP contribution in [0.4, 0.5) is 0 Å². The molecule has 0 aliphatic carbocycles. The highest BCUT2D eigenvalue weighted by Gasteiger charge is 2.21. The predicted molar refractivity (Wildman–Crippen MR) is 113 cm³/mol. The standard InChI is InChI=1S/C21H31N3O4S/c1-5-24(6-2)29(26,27)18-12-9-17(10-13-18)11-14-21(25)22-16-19(23(3)4)20-8-7-15-28-20/h7-10,12-13,15,19H,5-6,11,14,16H2,1-4H3,(H,22,25). The van der Waals surface area contributed by atoms with Crippen molar-refractivity contribution in [3.8, 4) is 0 Å². The predicted octanol–water partition coefficient (Wildman–Crippen LogP) is 2.66. The second-order valence-corrected chi connectivity index (χ2v) is 8.97. The Morgan fingerprint density at radius 3 is 2.28 bits per heavy atom. The van der Waals surface area contributed by atoms with Crippen LogP contribution in [0.5, 0.6) is 0 Å². The van der Waals surface area contributed by atoms with Crippen LogP contribution in [0.2, 0.25) is 0 Å². The Labute approximate surface area is 173 Å². The number of amides is 1. The van der Waals surface area contributed by atoms with Crippen LogP contribution in [-0.4, -0.2) is 57.3 Å². The molecule has 29 heavy (non-hydrogen) atoms. The van der Waals surface area contributed by atoms with Gasteiger partial charge in [-0.3, -0.25) is 9.69 Å². The third-order valence-corrected chi connectivity index (χ3v) is 6.96. The number of sulfonamides is 1. The summed E-state index contributed by atoms with van der Waals surface area (Å²) in [5.41, 5.74) is 0.925. The van der Waals surface area contributed by atoms with Crippen LogP contribution >= 0.6 is 0 Å². The van der Waals surface area contributed by atoms with Gasteiger partial charge in [-0.2, -0.15) is 4.31 Å². The molecule has 1 aromatic carbocycles. The summed E-state index contributed by atoms with van der Waals surface area (Å²) in [4.78, 5) is 14.5. The maximum absolute atomic E-state index is 12.5. The van der Waals surface area contributed by atoms with Crippen LogP contribution in [0.1, 0.15) is 37.6 Å². The van der Waals surface area contributed by atoms with E-state index in [1.807, 2.05) is 45.0 Å². The van der Waals surface area contributed by atoms with Crippen LogP contribution in [0.3, 0.4) is 0 Å². The Kier molecular flexibility index (Phi) is 8.43. The first-order valence-corrected chi connectivity index (χ1v) is 11.3. The highest BCUT2D eigenvalue weighted by molar-refractivity contribution is 7.89. The summed E-state index contributed by atoms with van der Waals surface area (Å²) in [6.07, 6.45) is 2.50. The summed E-state index contributed by atoms with van der Waals surface area (Å²) >= 11 is 0. The van der Waals surface area contributed by atoms with Crippen molar-refractivity contribution >= 4 is 15.9 Å². The van der Waals surface area contributed by atoms with E-state index in [1.165, 1.54) is 4.31 Å². The van der Waals surface area contributed by atoms with E-state index in [9.17, 15) is 13.2 Å². The molecule has 1 unspecified atom stereocenters. The van der Waals surface area contributed by atoms with Gasteiger partial charge in [0, 0.05) is 26.1 Å². The van der Waals surface area contributed by atoms with Crippen LogP contribution in [0.25, 0.3) is 0 Å². The summed E-state index contributed by atoms with van der Waals surface area (Å²) in [7, 11) is 0.419. The van der Waals surface area contributed by atoms with Crippen LogP contribution in [-0.2, 0) is 21.2 Å². The quantitative estimate of drug-likeness (QED) is 0.603.